The van der Waals surface area contributed by atoms with Crippen LogP contribution in [-0.2, 0) is 14.9 Å². The molecule has 0 fully saturated rings. The first kappa shape index (κ1) is 15.3. The molecule has 2 rings (SSSR count). The number of carbonyl (C=O) groups is 1. The Morgan fingerprint density at radius 3 is 1.95 bits per heavy atom. The van der Waals surface area contributed by atoms with E-state index in [9.17, 15) is 4.79 Å². The van der Waals surface area contributed by atoms with Crippen LogP contribution in [0.15, 0.2) is 24.3 Å². The predicted molar refractivity (Wildman–Crippen MR) is 85.8 cm³/mol. The number of carbonyl (C=O) groups excluding carboxylic acids is 1. The zero-order chi connectivity index (χ0) is 14.8. The molecular formula is C16H20O2S2. The quantitative estimate of drug-likeness (QED) is 0.749. The second-order valence-corrected chi connectivity index (χ2v) is 7.80. The van der Waals surface area contributed by atoms with E-state index in [1.807, 2.05) is 22.7 Å². The smallest absolute Gasteiger partial charge is 0.305 e. The number of aryl methyl sites for hydroxylation is 2. The third-order valence-electron chi connectivity index (χ3n) is 3.63. The number of thiophene rings is 2. The largest absolute Gasteiger partial charge is 0.469 e. The summed E-state index contributed by atoms with van der Waals surface area (Å²) in [6, 6.07) is 8.67. The minimum Gasteiger partial charge on any atom is -0.469 e. The first-order valence-corrected chi connectivity index (χ1v) is 8.29. The van der Waals surface area contributed by atoms with Crippen molar-refractivity contribution in [1.29, 1.82) is 0 Å². The molecule has 0 aliphatic carbocycles. The fraction of sp³-hybridized carbons (Fsp3) is 0.438. The van der Waals surface area contributed by atoms with Gasteiger partial charge in [0, 0.05) is 31.3 Å². The van der Waals surface area contributed by atoms with Crippen molar-refractivity contribution in [3.63, 3.8) is 0 Å². The van der Waals surface area contributed by atoms with Gasteiger partial charge in [0.1, 0.15) is 0 Å². The highest BCUT2D eigenvalue weighted by Crippen LogP contribution is 2.42. The Morgan fingerprint density at radius 1 is 1.10 bits per heavy atom. The van der Waals surface area contributed by atoms with Crippen LogP contribution >= 0.6 is 22.7 Å². The van der Waals surface area contributed by atoms with Crippen molar-refractivity contribution in [2.45, 2.75) is 39.0 Å². The maximum atomic E-state index is 11.5. The van der Waals surface area contributed by atoms with Crippen molar-refractivity contribution in [3.05, 3.63) is 43.8 Å². The van der Waals surface area contributed by atoms with Crippen molar-refractivity contribution < 1.29 is 9.53 Å². The van der Waals surface area contributed by atoms with Crippen LogP contribution in [0.5, 0.6) is 0 Å². The van der Waals surface area contributed by atoms with Gasteiger partial charge < -0.3 is 4.74 Å². The molecule has 0 aliphatic heterocycles. The monoisotopic (exact) mass is 308 g/mol. The molecule has 2 heterocycles. The first-order chi connectivity index (χ1) is 9.45. The molecule has 0 unspecified atom stereocenters. The SMILES string of the molecule is COC(=O)CCC(C)(c1ccc(C)s1)c1ccc(C)s1. The second-order valence-electron chi connectivity index (χ2n) is 5.23. The van der Waals surface area contributed by atoms with Crippen LogP contribution in [-0.4, -0.2) is 13.1 Å². The highest BCUT2D eigenvalue weighted by molar-refractivity contribution is 7.13. The summed E-state index contributed by atoms with van der Waals surface area (Å²) < 4.78 is 4.80. The molecule has 0 saturated heterocycles. The van der Waals surface area contributed by atoms with E-state index in [1.165, 1.54) is 26.6 Å². The van der Waals surface area contributed by atoms with Gasteiger partial charge in [-0.25, -0.2) is 0 Å². The number of methoxy groups -OCH3 is 1. The standard InChI is InChI=1S/C16H20O2S2/c1-11-5-7-13(19-11)16(3,10-9-15(17)18-4)14-8-6-12(2)20-14/h5-8H,9-10H2,1-4H3. The molecule has 0 saturated carbocycles. The van der Waals surface area contributed by atoms with E-state index >= 15 is 0 Å². The summed E-state index contributed by atoms with van der Waals surface area (Å²) in [6.07, 6.45) is 1.22. The zero-order valence-electron chi connectivity index (χ0n) is 12.4. The summed E-state index contributed by atoms with van der Waals surface area (Å²) in [5.74, 6) is -0.141. The Labute approximate surface area is 128 Å². The van der Waals surface area contributed by atoms with E-state index in [-0.39, 0.29) is 11.4 Å². The van der Waals surface area contributed by atoms with E-state index in [4.69, 9.17) is 4.74 Å². The van der Waals surface area contributed by atoms with Crippen molar-refractivity contribution in [2.24, 2.45) is 0 Å². The minimum absolute atomic E-state index is 0.105. The van der Waals surface area contributed by atoms with Crippen LogP contribution in [0.25, 0.3) is 0 Å². The lowest BCUT2D eigenvalue weighted by atomic mass is 9.82. The van der Waals surface area contributed by atoms with Crippen LogP contribution < -0.4 is 0 Å². The number of hydrogen-bond acceptors (Lipinski definition) is 4. The third kappa shape index (κ3) is 3.13. The normalized spacial score (nSPS) is 11.6. The van der Waals surface area contributed by atoms with Gasteiger partial charge in [0.05, 0.1) is 7.11 Å². The highest BCUT2D eigenvalue weighted by Gasteiger charge is 2.32. The van der Waals surface area contributed by atoms with Gasteiger partial charge in [0.15, 0.2) is 0 Å². The average molecular weight is 308 g/mol. The van der Waals surface area contributed by atoms with Crippen molar-refractivity contribution in [2.75, 3.05) is 7.11 Å². The average Bonchev–Trinajstić information content (AvgIpc) is 3.04. The van der Waals surface area contributed by atoms with Crippen molar-refractivity contribution in [1.82, 2.24) is 0 Å². The van der Waals surface area contributed by atoms with Crippen LogP contribution in [0.3, 0.4) is 0 Å². The third-order valence-corrected chi connectivity index (χ3v) is 6.15. The summed E-state index contributed by atoms with van der Waals surface area (Å²) in [4.78, 5) is 16.8. The molecule has 2 aromatic rings. The summed E-state index contributed by atoms with van der Waals surface area (Å²) in [5.41, 5.74) is -0.105. The number of rotatable bonds is 5. The topological polar surface area (TPSA) is 26.3 Å². The fourth-order valence-electron chi connectivity index (χ4n) is 2.28. The van der Waals surface area contributed by atoms with Crippen LogP contribution in [0.1, 0.15) is 39.3 Å². The predicted octanol–water partition coefficient (Wildman–Crippen LogP) is 4.69. The second kappa shape index (κ2) is 6.10. The van der Waals surface area contributed by atoms with E-state index in [2.05, 4.69) is 45.0 Å². The van der Waals surface area contributed by atoms with Crippen LogP contribution in [0.4, 0.5) is 0 Å². The van der Waals surface area contributed by atoms with E-state index in [0.717, 1.165) is 6.42 Å². The van der Waals surface area contributed by atoms with Gasteiger partial charge in [-0.15, -0.1) is 22.7 Å². The van der Waals surface area contributed by atoms with Gasteiger partial charge in [-0.3, -0.25) is 4.79 Å². The molecule has 108 valence electrons. The molecule has 0 spiro atoms. The molecular weight excluding hydrogens is 288 g/mol. The Kier molecular flexibility index (Phi) is 4.66. The van der Waals surface area contributed by atoms with E-state index in [0.29, 0.717) is 6.42 Å². The Balaban J connectivity index is 2.35. The Morgan fingerprint density at radius 2 is 1.60 bits per heavy atom. The van der Waals surface area contributed by atoms with E-state index in [1.54, 1.807) is 0 Å². The fourth-order valence-corrected chi connectivity index (χ4v) is 4.46. The molecule has 0 aromatic carbocycles. The van der Waals surface area contributed by atoms with Crippen molar-refractivity contribution >= 4 is 28.6 Å². The lowest BCUT2D eigenvalue weighted by molar-refractivity contribution is -0.140. The molecule has 0 N–H and O–H groups in total. The molecule has 0 amide bonds. The van der Waals surface area contributed by atoms with Gasteiger partial charge in [0.2, 0.25) is 0 Å². The number of ether oxygens (including phenoxy) is 1. The molecule has 20 heavy (non-hydrogen) atoms. The lowest BCUT2D eigenvalue weighted by Crippen LogP contribution is -2.22. The van der Waals surface area contributed by atoms with Gasteiger partial charge in [-0.05, 0) is 51.5 Å². The molecule has 0 aliphatic rings. The zero-order valence-corrected chi connectivity index (χ0v) is 14.0. The molecule has 0 atom stereocenters. The van der Waals surface area contributed by atoms with Crippen LogP contribution in [0.2, 0.25) is 0 Å². The first-order valence-electron chi connectivity index (χ1n) is 6.66. The number of esters is 1. The Bertz CT molecular complexity index is 555. The van der Waals surface area contributed by atoms with Gasteiger partial charge in [-0.2, -0.15) is 0 Å². The highest BCUT2D eigenvalue weighted by atomic mass is 32.1. The molecule has 0 bridgehead atoms. The molecule has 2 aromatic heterocycles. The summed E-state index contributed by atoms with van der Waals surface area (Å²) in [6.45, 7) is 6.47. The maximum absolute atomic E-state index is 11.5. The molecule has 2 nitrogen and oxygen atoms in total. The molecule has 0 radical (unpaired) electrons. The summed E-state index contributed by atoms with van der Waals surface area (Å²) >= 11 is 3.63. The lowest BCUT2D eigenvalue weighted by Gasteiger charge is -2.27. The van der Waals surface area contributed by atoms with Crippen LogP contribution in [0, 0.1) is 13.8 Å². The summed E-state index contributed by atoms with van der Waals surface area (Å²) in [5, 5.41) is 0. The maximum Gasteiger partial charge on any atom is 0.305 e. The molecule has 4 heteroatoms. The Hall–Kier alpha value is -1.13. The summed E-state index contributed by atoms with van der Waals surface area (Å²) in [7, 11) is 1.45. The van der Waals surface area contributed by atoms with E-state index < -0.39 is 0 Å². The van der Waals surface area contributed by atoms with Crippen molar-refractivity contribution in [3.8, 4) is 0 Å². The van der Waals surface area contributed by atoms with Gasteiger partial charge in [0.25, 0.3) is 0 Å². The number of hydrogen-bond donors (Lipinski definition) is 0. The minimum atomic E-state index is -0.141. The van der Waals surface area contributed by atoms with Gasteiger partial charge >= 0.3 is 5.97 Å². The van der Waals surface area contributed by atoms with Gasteiger partial charge in [-0.1, -0.05) is 0 Å².